The van der Waals surface area contributed by atoms with Crippen LogP contribution in [0.4, 0.5) is 4.79 Å². The fraction of sp³-hybridized carbons (Fsp3) is 0.353. The van der Waals surface area contributed by atoms with Crippen LogP contribution in [0.15, 0.2) is 36.4 Å². The van der Waals surface area contributed by atoms with Gasteiger partial charge >= 0.3 is 12.1 Å². The summed E-state index contributed by atoms with van der Waals surface area (Å²) in [4.78, 5) is 27.4. The smallest absolute Gasteiger partial charge is 0.408 e. The Labute approximate surface area is 134 Å². The molecule has 6 heteroatoms. The average Bonchev–Trinajstić information content (AvgIpc) is 2.56. The van der Waals surface area contributed by atoms with Gasteiger partial charge in [-0.05, 0) is 18.1 Å². The van der Waals surface area contributed by atoms with Gasteiger partial charge in [0.2, 0.25) is 0 Å². The summed E-state index contributed by atoms with van der Waals surface area (Å²) in [5.74, 6) is -1.25. The Hall–Kier alpha value is -2.63. The number of aliphatic carboxylic acids is 1. The van der Waals surface area contributed by atoms with Crippen molar-refractivity contribution in [2.75, 3.05) is 0 Å². The number of ether oxygens (including phenoxy) is 1. The van der Waals surface area contributed by atoms with Crippen LogP contribution >= 0.6 is 0 Å². The number of para-hydroxylation sites is 1. The Morgan fingerprint density at radius 1 is 1.26 bits per heavy atom. The Balaban J connectivity index is 1.95. The monoisotopic (exact) mass is 316 g/mol. The predicted octanol–water partition coefficient (Wildman–Crippen LogP) is 2.96. The Bertz CT molecular complexity index is 702. The van der Waals surface area contributed by atoms with E-state index in [0.717, 1.165) is 10.9 Å². The zero-order valence-electron chi connectivity index (χ0n) is 13.2. The van der Waals surface area contributed by atoms with Crippen LogP contribution in [0.25, 0.3) is 10.9 Å². The molecular weight excluding hydrogens is 296 g/mol. The SMILES string of the molecule is CC[C@H](C)[C@H](NC(=O)OCc1ccc2ccccc2n1)C(=O)O. The third-order valence-corrected chi connectivity index (χ3v) is 3.76. The second kappa shape index (κ2) is 7.58. The molecule has 2 aromatic rings. The number of nitrogens with zero attached hydrogens (tertiary/aromatic N) is 1. The molecule has 0 unspecified atom stereocenters. The highest BCUT2D eigenvalue weighted by Gasteiger charge is 2.25. The van der Waals surface area contributed by atoms with Crippen LogP contribution in [-0.2, 0) is 16.1 Å². The van der Waals surface area contributed by atoms with E-state index in [9.17, 15) is 9.59 Å². The molecule has 0 bridgehead atoms. The number of hydrogen-bond donors (Lipinski definition) is 2. The molecule has 0 aliphatic carbocycles. The standard InChI is InChI=1S/C17H20N2O4/c1-3-11(2)15(16(20)21)19-17(22)23-10-13-9-8-12-6-4-5-7-14(12)18-13/h4-9,11,15H,3,10H2,1-2H3,(H,19,22)(H,20,21)/t11-,15-/m0/s1. The minimum absolute atomic E-state index is 0.0104. The van der Waals surface area contributed by atoms with Gasteiger partial charge < -0.3 is 15.2 Å². The first kappa shape index (κ1) is 16.7. The molecule has 2 rings (SSSR count). The van der Waals surface area contributed by atoms with Crippen LogP contribution in [0.2, 0.25) is 0 Å². The molecule has 0 saturated heterocycles. The lowest BCUT2D eigenvalue weighted by atomic mass is 10.00. The number of carboxylic acids is 1. The first-order valence-electron chi connectivity index (χ1n) is 7.52. The van der Waals surface area contributed by atoms with E-state index < -0.39 is 18.1 Å². The maximum atomic E-state index is 11.8. The summed E-state index contributed by atoms with van der Waals surface area (Å²) in [5.41, 5.74) is 1.42. The lowest BCUT2D eigenvalue weighted by Gasteiger charge is -2.19. The van der Waals surface area contributed by atoms with Crippen LogP contribution in [0.3, 0.4) is 0 Å². The van der Waals surface area contributed by atoms with E-state index in [-0.39, 0.29) is 12.5 Å². The quantitative estimate of drug-likeness (QED) is 0.855. The number of hydrogen-bond acceptors (Lipinski definition) is 4. The number of carbonyl (C=O) groups is 2. The van der Waals surface area contributed by atoms with E-state index in [1.807, 2.05) is 37.3 Å². The number of rotatable bonds is 6. The van der Waals surface area contributed by atoms with E-state index in [0.29, 0.717) is 12.1 Å². The number of nitrogens with one attached hydrogen (secondary N) is 1. The van der Waals surface area contributed by atoms with E-state index in [1.165, 1.54) is 0 Å². The third-order valence-electron chi connectivity index (χ3n) is 3.76. The number of aromatic nitrogens is 1. The molecule has 1 amide bonds. The zero-order valence-corrected chi connectivity index (χ0v) is 13.2. The van der Waals surface area contributed by atoms with Crippen LogP contribution in [0.1, 0.15) is 26.0 Å². The lowest BCUT2D eigenvalue weighted by molar-refractivity contribution is -0.140. The highest BCUT2D eigenvalue weighted by molar-refractivity contribution is 5.80. The van der Waals surface area contributed by atoms with Gasteiger partial charge in [-0.25, -0.2) is 14.6 Å². The second-order valence-electron chi connectivity index (χ2n) is 5.42. The Morgan fingerprint density at radius 2 is 2.00 bits per heavy atom. The molecule has 0 radical (unpaired) electrons. The molecule has 6 nitrogen and oxygen atoms in total. The topological polar surface area (TPSA) is 88.5 Å². The van der Waals surface area contributed by atoms with Crippen molar-refractivity contribution in [2.45, 2.75) is 32.9 Å². The van der Waals surface area contributed by atoms with Gasteiger partial charge in [0.05, 0.1) is 11.2 Å². The summed E-state index contributed by atoms with van der Waals surface area (Å²) in [5, 5.41) is 12.5. The van der Waals surface area contributed by atoms with E-state index in [4.69, 9.17) is 9.84 Å². The lowest BCUT2D eigenvalue weighted by Crippen LogP contribution is -2.45. The van der Waals surface area contributed by atoms with Crippen LogP contribution in [0, 0.1) is 5.92 Å². The summed E-state index contributed by atoms with van der Waals surface area (Å²) < 4.78 is 5.08. The molecule has 2 atom stereocenters. The molecule has 23 heavy (non-hydrogen) atoms. The first-order chi connectivity index (χ1) is 11.0. The van der Waals surface area contributed by atoms with Crippen molar-refractivity contribution in [1.82, 2.24) is 10.3 Å². The van der Waals surface area contributed by atoms with Gasteiger partial charge in [-0.1, -0.05) is 44.5 Å². The molecule has 2 N–H and O–H groups in total. The number of alkyl carbamates (subject to hydrolysis) is 1. The number of fused-ring (bicyclic) bond motifs is 1. The predicted molar refractivity (Wildman–Crippen MR) is 85.9 cm³/mol. The first-order valence-corrected chi connectivity index (χ1v) is 7.52. The van der Waals surface area contributed by atoms with E-state index in [2.05, 4.69) is 10.3 Å². The van der Waals surface area contributed by atoms with E-state index >= 15 is 0 Å². The molecule has 1 aromatic heterocycles. The van der Waals surface area contributed by atoms with Crippen molar-refractivity contribution in [3.05, 3.63) is 42.1 Å². The van der Waals surface area contributed by atoms with E-state index in [1.54, 1.807) is 13.0 Å². The number of carboxylic acid groups (broad SMARTS) is 1. The molecule has 0 fully saturated rings. The largest absolute Gasteiger partial charge is 0.480 e. The molecule has 0 aliphatic heterocycles. The number of carbonyl (C=O) groups excluding carboxylic acids is 1. The van der Waals surface area contributed by atoms with Crippen molar-refractivity contribution < 1.29 is 19.4 Å². The van der Waals surface area contributed by atoms with Crippen molar-refractivity contribution in [2.24, 2.45) is 5.92 Å². The summed E-state index contributed by atoms with van der Waals surface area (Å²) in [6.45, 7) is 3.63. The van der Waals surface area contributed by atoms with Crippen LogP contribution in [0.5, 0.6) is 0 Å². The molecule has 0 spiro atoms. The number of benzene rings is 1. The van der Waals surface area contributed by atoms with Gasteiger partial charge in [-0.15, -0.1) is 0 Å². The van der Waals surface area contributed by atoms with Gasteiger partial charge in [-0.3, -0.25) is 0 Å². The molecule has 0 aliphatic rings. The Kier molecular flexibility index (Phi) is 5.51. The van der Waals surface area contributed by atoms with Gasteiger partial charge in [-0.2, -0.15) is 0 Å². The van der Waals surface area contributed by atoms with Crippen molar-refractivity contribution in [3.8, 4) is 0 Å². The molecule has 122 valence electrons. The van der Waals surface area contributed by atoms with Crippen molar-refractivity contribution in [3.63, 3.8) is 0 Å². The number of amides is 1. The zero-order chi connectivity index (χ0) is 16.8. The minimum atomic E-state index is -1.07. The third kappa shape index (κ3) is 4.42. The van der Waals surface area contributed by atoms with Crippen molar-refractivity contribution >= 4 is 23.0 Å². The summed E-state index contributed by atoms with van der Waals surface area (Å²) in [6.07, 6.45) is -0.114. The van der Waals surface area contributed by atoms with Crippen LogP contribution < -0.4 is 5.32 Å². The fourth-order valence-corrected chi connectivity index (χ4v) is 2.18. The van der Waals surface area contributed by atoms with Gasteiger partial charge in [0.25, 0.3) is 0 Å². The number of pyridine rings is 1. The summed E-state index contributed by atoms with van der Waals surface area (Å²) >= 11 is 0. The van der Waals surface area contributed by atoms with Gasteiger partial charge in [0.15, 0.2) is 0 Å². The molecule has 1 heterocycles. The minimum Gasteiger partial charge on any atom is -0.480 e. The normalized spacial score (nSPS) is 13.3. The van der Waals surface area contributed by atoms with Crippen molar-refractivity contribution in [1.29, 1.82) is 0 Å². The Morgan fingerprint density at radius 3 is 2.70 bits per heavy atom. The molecule has 0 saturated carbocycles. The average molecular weight is 316 g/mol. The fourth-order valence-electron chi connectivity index (χ4n) is 2.18. The maximum absolute atomic E-state index is 11.8. The molecular formula is C17H20N2O4. The highest BCUT2D eigenvalue weighted by Crippen LogP contribution is 2.12. The van der Waals surface area contributed by atoms with Gasteiger partial charge in [0.1, 0.15) is 12.6 Å². The second-order valence-corrected chi connectivity index (χ2v) is 5.42. The summed E-state index contributed by atoms with van der Waals surface area (Å²) in [6, 6.07) is 10.4. The summed E-state index contributed by atoms with van der Waals surface area (Å²) in [7, 11) is 0. The maximum Gasteiger partial charge on any atom is 0.408 e. The van der Waals surface area contributed by atoms with Crippen LogP contribution in [-0.4, -0.2) is 28.2 Å². The highest BCUT2D eigenvalue weighted by atomic mass is 16.5. The van der Waals surface area contributed by atoms with Gasteiger partial charge in [0, 0.05) is 5.39 Å². The molecule has 1 aromatic carbocycles.